The summed E-state index contributed by atoms with van der Waals surface area (Å²) in [6.45, 7) is 2.13. The number of nitrogens with one attached hydrogen (secondary N) is 1. The number of primary amides is 1. The Morgan fingerprint density at radius 2 is 1.90 bits per heavy atom. The van der Waals surface area contributed by atoms with E-state index in [2.05, 4.69) is 15.0 Å². The highest BCUT2D eigenvalue weighted by Crippen LogP contribution is 2.36. The molecule has 4 rings (SSSR count). The van der Waals surface area contributed by atoms with E-state index in [4.69, 9.17) is 15.2 Å². The summed E-state index contributed by atoms with van der Waals surface area (Å²) in [7, 11) is 1.48. The van der Waals surface area contributed by atoms with Gasteiger partial charge in [0, 0.05) is 0 Å². The summed E-state index contributed by atoms with van der Waals surface area (Å²) in [5.74, 6) is -0.389. The molecule has 10 heteroatoms. The standard InChI is InChI=1S/C21H19N5O5/c1-3-31-14-10-6-7-11(17(14)27)19-23-15(18(22)28)16-20(25-19)26(21(29)24-16)12-8-4-5-9-13(12)30-2/h4-10,27H,3H2,1-2H3,(H2,22,28)(H,24,29). The molecule has 2 aromatic carbocycles. The number of hydrogen-bond donors (Lipinski definition) is 3. The van der Waals surface area contributed by atoms with Crippen molar-refractivity contribution in [1.29, 1.82) is 0 Å². The summed E-state index contributed by atoms with van der Waals surface area (Å²) in [5, 5.41) is 10.6. The van der Waals surface area contributed by atoms with Crippen molar-refractivity contribution in [3.8, 4) is 34.3 Å². The minimum atomic E-state index is -0.859. The van der Waals surface area contributed by atoms with Gasteiger partial charge in [0.05, 0.1) is 25.0 Å². The second kappa shape index (κ2) is 7.82. The third kappa shape index (κ3) is 3.33. The predicted octanol–water partition coefficient (Wildman–Crippen LogP) is 1.99. The van der Waals surface area contributed by atoms with Crippen molar-refractivity contribution in [3.63, 3.8) is 0 Å². The minimum absolute atomic E-state index is 0.00278. The number of phenols is 1. The maximum absolute atomic E-state index is 12.8. The lowest BCUT2D eigenvalue weighted by Crippen LogP contribution is -2.16. The predicted molar refractivity (Wildman–Crippen MR) is 113 cm³/mol. The highest BCUT2D eigenvalue weighted by atomic mass is 16.5. The number of carbonyl (C=O) groups excluding carboxylic acids is 1. The molecule has 0 aliphatic carbocycles. The lowest BCUT2D eigenvalue weighted by atomic mass is 10.1. The van der Waals surface area contributed by atoms with Crippen LogP contribution in [0, 0.1) is 0 Å². The smallest absolute Gasteiger partial charge is 0.332 e. The molecule has 4 aromatic rings. The van der Waals surface area contributed by atoms with Crippen LogP contribution in [0.4, 0.5) is 0 Å². The topological polar surface area (TPSA) is 145 Å². The maximum atomic E-state index is 12.8. The second-order valence-electron chi connectivity index (χ2n) is 6.48. The van der Waals surface area contributed by atoms with Gasteiger partial charge in [-0.1, -0.05) is 18.2 Å². The summed E-state index contributed by atoms with van der Waals surface area (Å²) >= 11 is 0. The number of H-pyrrole nitrogens is 1. The number of imidazole rings is 1. The van der Waals surface area contributed by atoms with E-state index in [-0.39, 0.29) is 39.7 Å². The number of carbonyl (C=O) groups is 1. The zero-order valence-electron chi connectivity index (χ0n) is 16.7. The van der Waals surface area contributed by atoms with Crippen molar-refractivity contribution in [1.82, 2.24) is 19.5 Å². The number of ether oxygens (including phenoxy) is 2. The summed E-state index contributed by atoms with van der Waals surface area (Å²) < 4.78 is 12.0. The molecule has 0 saturated heterocycles. The van der Waals surface area contributed by atoms with Crippen molar-refractivity contribution in [3.05, 3.63) is 58.6 Å². The number of aromatic nitrogens is 4. The summed E-state index contributed by atoms with van der Waals surface area (Å²) in [5.41, 5.74) is 5.59. The van der Waals surface area contributed by atoms with Gasteiger partial charge in [-0.15, -0.1) is 0 Å². The first kappa shape index (κ1) is 20.0. The van der Waals surface area contributed by atoms with E-state index in [9.17, 15) is 14.7 Å². The van der Waals surface area contributed by atoms with Gasteiger partial charge >= 0.3 is 5.69 Å². The Balaban J connectivity index is 2.06. The number of aromatic amines is 1. The van der Waals surface area contributed by atoms with Crippen LogP contribution in [-0.2, 0) is 0 Å². The highest BCUT2D eigenvalue weighted by molar-refractivity contribution is 6.02. The Bertz CT molecular complexity index is 1360. The number of amides is 1. The fourth-order valence-electron chi connectivity index (χ4n) is 3.30. The first-order chi connectivity index (χ1) is 15.0. The number of hydrogen-bond acceptors (Lipinski definition) is 7. The van der Waals surface area contributed by atoms with Gasteiger partial charge in [0.2, 0.25) is 0 Å². The van der Waals surface area contributed by atoms with Gasteiger partial charge in [0.15, 0.2) is 28.7 Å². The molecule has 158 valence electrons. The molecular weight excluding hydrogens is 402 g/mol. The number of fused-ring (bicyclic) bond motifs is 1. The van der Waals surface area contributed by atoms with Crippen molar-refractivity contribution in [2.45, 2.75) is 6.92 Å². The molecule has 0 unspecified atom stereocenters. The number of phenolic OH excluding ortho intramolecular Hbond substituents is 1. The van der Waals surface area contributed by atoms with E-state index >= 15 is 0 Å². The van der Waals surface area contributed by atoms with Crippen LogP contribution in [0.5, 0.6) is 17.2 Å². The molecule has 0 aliphatic rings. The molecule has 0 atom stereocenters. The molecule has 0 aliphatic heterocycles. The van der Waals surface area contributed by atoms with Gasteiger partial charge in [0.25, 0.3) is 5.91 Å². The van der Waals surface area contributed by atoms with Gasteiger partial charge in [0.1, 0.15) is 11.3 Å². The molecule has 2 aromatic heterocycles. The van der Waals surface area contributed by atoms with Gasteiger partial charge in [-0.05, 0) is 31.2 Å². The largest absolute Gasteiger partial charge is 0.504 e. The molecule has 2 heterocycles. The lowest BCUT2D eigenvalue weighted by Gasteiger charge is -2.11. The van der Waals surface area contributed by atoms with E-state index in [0.29, 0.717) is 18.0 Å². The molecule has 0 saturated carbocycles. The Labute approximate surface area is 175 Å². The van der Waals surface area contributed by atoms with Gasteiger partial charge in [-0.2, -0.15) is 0 Å². The van der Waals surface area contributed by atoms with E-state index in [1.807, 2.05) is 0 Å². The van der Waals surface area contributed by atoms with Crippen LogP contribution in [0.25, 0.3) is 28.2 Å². The minimum Gasteiger partial charge on any atom is -0.504 e. The third-order valence-corrected chi connectivity index (χ3v) is 4.64. The van der Waals surface area contributed by atoms with Gasteiger partial charge < -0.3 is 25.3 Å². The lowest BCUT2D eigenvalue weighted by molar-refractivity contribution is 0.0997. The molecule has 4 N–H and O–H groups in total. The average molecular weight is 421 g/mol. The van der Waals surface area contributed by atoms with Crippen LogP contribution in [-0.4, -0.2) is 44.2 Å². The number of benzene rings is 2. The van der Waals surface area contributed by atoms with Crippen LogP contribution < -0.4 is 20.9 Å². The molecule has 0 radical (unpaired) electrons. The fraction of sp³-hybridized carbons (Fsp3) is 0.143. The summed E-state index contributed by atoms with van der Waals surface area (Å²) in [4.78, 5) is 36.2. The van der Waals surface area contributed by atoms with E-state index in [1.165, 1.54) is 11.7 Å². The zero-order valence-corrected chi connectivity index (χ0v) is 16.7. The zero-order chi connectivity index (χ0) is 22.1. The number of rotatable bonds is 6. The summed E-state index contributed by atoms with van der Waals surface area (Å²) in [6.07, 6.45) is 0. The first-order valence-electron chi connectivity index (χ1n) is 9.37. The Morgan fingerprint density at radius 1 is 1.16 bits per heavy atom. The number of nitrogens with two attached hydrogens (primary N) is 1. The molecule has 1 amide bonds. The van der Waals surface area contributed by atoms with Crippen LogP contribution in [0.1, 0.15) is 17.4 Å². The number of methoxy groups -OCH3 is 1. The normalized spacial score (nSPS) is 10.9. The maximum Gasteiger partial charge on any atom is 0.332 e. The average Bonchev–Trinajstić information content (AvgIpc) is 3.09. The monoisotopic (exact) mass is 421 g/mol. The number of aromatic hydroxyl groups is 1. The highest BCUT2D eigenvalue weighted by Gasteiger charge is 2.23. The Kier molecular flexibility index (Phi) is 5.04. The molecule has 0 bridgehead atoms. The van der Waals surface area contributed by atoms with Gasteiger partial charge in [-0.3, -0.25) is 4.79 Å². The molecular formula is C21H19N5O5. The van der Waals surface area contributed by atoms with Crippen molar-refractivity contribution >= 4 is 17.1 Å². The molecule has 0 fully saturated rings. The van der Waals surface area contributed by atoms with Gasteiger partial charge in [-0.25, -0.2) is 19.3 Å². The van der Waals surface area contributed by atoms with Crippen molar-refractivity contribution < 1.29 is 19.4 Å². The quantitative estimate of drug-likeness (QED) is 0.431. The molecule has 0 spiro atoms. The number of para-hydroxylation sites is 3. The van der Waals surface area contributed by atoms with E-state index in [1.54, 1.807) is 49.4 Å². The van der Waals surface area contributed by atoms with Crippen molar-refractivity contribution in [2.75, 3.05) is 13.7 Å². The van der Waals surface area contributed by atoms with Crippen molar-refractivity contribution in [2.24, 2.45) is 5.73 Å². The molecule has 10 nitrogen and oxygen atoms in total. The van der Waals surface area contributed by atoms with Crippen LogP contribution in [0.15, 0.2) is 47.3 Å². The fourth-order valence-corrected chi connectivity index (χ4v) is 3.30. The Hall–Kier alpha value is -4.34. The van der Waals surface area contributed by atoms with Crippen LogP contribution >= 0.6 is 0 Å². The SMILES string of the molecule is CCOc1cccc(-c2nc(C(N)=O)c3[nH]c(=O)n(-c4ccccc4OC)c3n2)c1O. The first-order valence-corrected chi connectivity index (χ1v) is 9.37. The van der Waals surface area contributed by atoms with E-state index in [0.717, 1.165) is 0 Å². The van der Waals surface area contributed by atoms with E-state index < -0.39 is 11.6 Å². The third-order valence-electron chi connectivity index (χ3n) is 4.64. The number of nitrogens with zero attached hydrogens (tertiary/aromatic N) is 3. The summed E-state index contributed by atoms with van der Waals surface area (Å²) in [6, 6.07) is 11.7. The Morgan fingerprint density at radius 3 is 2.61 bits per heavy atom. The van der Waals surface area contributed by atoms with Crippen LogP contribution in [0.2, 0.25) is 0 Å². The van der Waals surface area contributed by atoms with Crippen LogP contribution in [0.3, 0.4) is 0 Å². The second-order valence-corrected chi connectivity index (χ2v) is 6.48. The molecule has 31 heavy (non-hydrogen) atoms.